The van der Waals surface area contributed by atoms with Crippen molar-refractivity contribution in [1.29, 1.82) is 5.41 Å². The molecule has 0 aliphatic heterocycles. The number of nitrogen functional groups attached to an aromatic ring is 1. The maximum absolute atomic E-state index is 10.7. The Morgan fingerprint density at radius 1 is 1.14 bits per heavy atom. The van der Waals surface area contributed by atoms with Crippen LogP contribution in [0.3, 0.4) is 0 Å². The van der Waals surface area contributed by atoms with Crippen molar-refractivity contribution in [2.45, 2.75) is 0 Å². The molecular formula is C21H22N6O2. The standard InChI is InChI=1S/C21H22N6O2/c1-27(14-28)12-11-24-21-18(20(23)25-13-26-21)19(22)15-7-9-17(10-8-15)29-16-5-3-2-4-6-16/h2-10,13-14,22H,11-12H2,1H3,(H3,23,24,25,26). The van der Waals surface area contributed by atoms with E-state index >= 15 is 0 Å². The third kappa shape index (κ3) is 5.07. The van der Waals surface area contributed by atoms with Gasteiger partial charge < -0.3 is 20.7 Å². The Hall–Kier alpha value is -3.94. The van der Waals surface area contributed by atoms with Crippen LogP contribution < -0.4 is 15.8 Å². The Morgan fingerprint density at radius 2 is 1.83 bits per heavy atom. The Balaban J connectivity index is 1.76. The second-order valence-corrected chi connectivity index (χ2v) is 6.31. The molecule has 0 aliphatic rings. The van der Waals surface area contributed by atoms with E-state index in [-0.39, 0.29) is 11.5 Å². The first kappa shape index (κ1) is 19.8. The highest BCUT2D eigenvalue weighted by Gasteiger charge is 2.16. The number of anilines is 2. The predicted octanol–water partition coefficient (Wildman–Crippen LogP) is 2.77. The van der Waals surface area contributed by atoms with E-state index < -0.39 is 0 Å². The summed E-state index contributed by atoms with van der Waals surface area (Å²) < 4.78 is 5.79. The number of aromatic nitrogens is 2. The number of likely N-dealkylation sites (N-methyl/N-ethyl adjacent to an activating group) is 1. The second kappa shape index (κ2) is 9.32. The zero-order valence-electron chi connectivity index (χ0n) is 16.0. The number of carbonyl (C=O) groups is 1. The van der Waals surface area contributed by atoms with Gasteiger partial charge in [0.2, 0.25) is 6.41 Å². The third-order valence-electron chi connectivity index (χ3n) is 4.19. The number of rotatable bonds is 9. The molecule has 0 saturated heterocycles. The van der Waals surface area contributed by atoms with Crippen molar-refractivity contribution >= 4 is 23.8 Å². The number of amides is 1. The van der Waals surface area contributed by atoms with Crippen LogP contribution in [0.4, 0.5) is 11.6 Å². The summed E-state index contributed by atoms with van der Waals surface area (Å²) in [6, 6.07) is 16.6. The van der Waals surface area contributed by atoms with Gasteiger partial charge in [-0.1, -0.05) is 18.2 Å². The van der Waals surface area contributed by atoms with Gasteiger partial charge >= 0.3 is 0 Å². The van der Waals surface area contributed by atoms with Crippen LogP contribution in [0.15, 0.2) is 60.9 Å². The van der Waals surface area contributed by atoms with Gasteiger partial charge in [0.1, 0.15) is 29.5 Å². The van der Waals surface area contributed by atoms with E-state index in [1.807, 2.05) is 30.3 Å². The molecule has 0 spiro atoms. The molecule has 0 atom stereocenters. The predicted molar refractivity (Wildman–Crippen MR) is 113 cm³/mol. The van der Waals surface area contributed by atoms with E-state index in [0.717, 1.165) is 12.2 Å². The van der Waals surface area contributed by atoms with Crippen LogP contribution in [0.5, 0.6) is 11.5 Å². The summed E-state index contributed by atoms with van der Waals surface area (Å²) >= 11 is 0. The highest BCUT2D eigenvalue weighted by Crippen LogP contribution is 2.25. The number of para-hydroxylation sites is 1. The molecule has 1 amide bonds. The summed E-state index contributed by atoms with van der Waals surface area (Å²) in [6.45, 7) is 0.960. The molecule has 0 fully saturated rings. The van der Waals surface area contributed by atoms with Gasteiger partial charge in [0.05, 0.1) is 11.3 Å². The van der Waals surface area contributed by atoms with Crippen molar-refractivity contribution in [2.24, 2.45) is 0 Å². The van der Waals surface area contributed by atoms with Crippen molar-refractivity contribution in [2.75, 3.05) is 31.2 Å². The molecule has 1 heterocycles. The molecule has 0 saturated carbocycles. The maximum atomic E-state index is 10.7. The Labute approximate surface area is 168 Å². The van der Waals surface area contributed by atoms with Gasteiger partial charge in [-0.15, -0.1) is 0 Å². The fraction of sp³-hybridized carbons (Fsp3) is 0.143. The van der Waals surface area contributed by atoms with Gasteiger partial charge in [-0.3, -0.25) is 10.2 Å². The number of nitrogens with zero attached hydrogens (tertiary/aromatic N) is 3. The van der Waals surface area contributed by atoms with Gasteiger partial charge in [0, 0.05) is 25.7 Å². The first-order valence-corrected chi connectivity index (χ1v) is 9.00. The number of nitrogens with one attached hydrogen (secondary N) is 2. The average Bonchev–Trinajstić information content (AvgIpc) is 2.74. The molecule has 148 valence electrons. The first-order chi connectivity index (χ1) is 14.1. The topological polar surface area (TPSA) is 117 Å². The van der Waals surface area contributed by atoms with Crippen LogP contribution in [0.2, 0.25) is 0 Å². The molecule has 0 bridgehead atoms. The summed E-state index contributed by atoms with van der Waals surface area (Å²) in [5.41, 5.74) is 7.29. The lowest BCUT2D eigenvalue weighted by Gasteiger charge is -2.15. The quantitative estimate of drug-likeness (QED) is 0.382. The molecule has 0 unspecified atom stereocenters. The highest BCUT2D eigenvalue weighted by molar-refractivity contribution is 6.16. The van der Waals surface area contributed by atoms with Gasteiger partial charge in [-0.2, -0.15) is 0 Å². The summed E-state index contributed by atoms with van der Waals surface area (Å²) in [6.07, 6.45) is 2.09. The number of carbonyl (C=O) groups excluding carboxylic acids is 1. The second-order valence-electron chi connectivity index (χ2n) is 6.31. The molecule has 0 radical (unpaired) electrons. The number of hydrogen-bond donors (Lipinski definition) is 3. The highest BCUT2D eigenvalue weighted by atomic mass is 16.5. The summed E-state index contributed by atoms with van der Waals surface area (Å²) in [7, 11) is 1.69. The minimum absolute atomic E-state index is 0.195. The monoisotopic (exact) mass is 390 g/mol. The van der Waals surface area contributed by atoms with E-state index in [1.54, 1.807) is 31.3 Å². The van der Waals surface area contributed by atoms with Crippen LogP contribution in [0.25, 0.3) is 0 Å². The molecule has 8 heteroatoms. The third-order valence-corrected chi connectivity index (χ3v) is 4.19. The van der Waals surface area contributed by atoms with Gasteiger partial charge in [-0.05, 0) is 36.4 Å². The van der Waals surface area contributed by atoms with Crippen molar-refractivity contribution < 1.29 is 9.53 Å². The van der Waals surface area contributed by atoms with E-state index in [1.165, 1.54) is 11.2 Å². The summed E-state index contributed by atoms with van der Waals surface area (Å²) in [5.74, 6) is 2.07. The fourth-order valence-electron chi connectivity index (χ4n) is 2.64. The largest absolute Gasteiger partial charge is 0.457 e. The van der Waals surface area contributed by atoms with Crippen LogP contribution >= 0.6 is 0 Å². The molecular weight excluding hydrogens is 368 g/mol. The molecule has 4 N–H and O–H groups in total. The van der Waals surface area contributed by atoms with E-state index in [0.29, 0.717) is 35.8 Å². The molecule has 3 rings (SSSR count). The number of ether oxygens (including phenoxy) is 1. The normalized spacial score (nSPS) is 10.2. The van der Waals surface area contributed by atoms with Gasteiger partial charge in [0.25, 0.3) is 0 Å². The minimum atomic E-state index is 0.195. The molecule has 29 heavy (non-hydrogen) atoms. The van der Waals surface area contributed by atoms with Crippen molar-refractivity contribution in [3.05, 3.63) is 72.1 Å². The first-order valence-electron chi connectivity index (χ1n) is 9.00. The molecule has 3 aromatic rings. The van der Waals surface area contributed by atoms with Gasteiger partial charge in [0.15, 0.2) is 0 Å². The van der Waals surface area contributed by atoms with Crippen molar-refractivity contribution in [3.8, 4) is 11.5 Å². The summed E-state index contributed by atoms with van der Waals surface area (Å²) in [4.78, 5) is 20.4. The molecule has 2 aromatic carbocycles. The number of hydrogen-bond acceptors (Lipinski definition) is 7. The lowest BCUT2D eigenvalue weighted by atomic mass is 10.0. The number of nitrogens with two attached hydrogens (primary N) is 1. The molecule has 1 aromatic heterocycles. The zero-order valence-corrected chi connectivity index (χ0v) is 16.0. The average molecular weight is 390 g/mol. The van der Waals surface area contributed by atoms with Crippen LogP contribution in [0, 0.1) is 5.41 Å². The smallest absolute Gasteiger partial charge is 0.209 e. The lowest BCUT2D eigenvalue weighted by molar-refractivity contribution is -0.116. The fourth-order valence-corrected chi connectivity index (χ4v) is 2.64. The maximum Gasteiger partial charge on any atom is 0.209 e. The van der Waals surface area contributed by atoms with Crippen LogP contribution in [0.1, 0.15) is 11.1 Å². The zero-order chi connectivity index (χ0) is 20.6. The van der Waals surface area contributed by atoms with Crippen LogP contribution in [-0.2, 0) is 4.79 Å². The minimum Gasteiger partial charge on any atom is -0.457 e. The van der Waals surface area contributed by atoms with E-state index in [4.69, 9.17) is 15.9 Å². The number of benzene rings is 2. The van der Waals surface area contributed by atoms with Crippen molar-refractivity contribution in [3.63, 3.8) is 0 Å². The van der Waals surface area contributed by atoms with Gasteiger partial charge in [-0.25, -0.2) is 9.97 Å². The molecule has 8 nitrogen and oxygen atoms in total. The lowest BCUT2D eigenvalue weighted by Crippen LogP contribution is -2.24. The van der Waals surface area contributed by atoms with E-state index in [2.05, 4.69) is 15.3 Å². The SMILES string of the molecule is CN(C=O)CCNc1ncnc(N)c1C(=N)c1ccc(Oc2ccccc2)cc1. The Bertz CT molecular complexity index is 976. The van der Waals surface area contributed by atoms with Crippen LogP contribution in [-0.4, -0.2) is 47.1 Å². The summed E-state index contributed by atoms with van der Waals surface area (Å²) in [5, 5.41) is 11.7. The molecule has 0 aliphatic carbocycles. The Morgan fingerprint density at radius 3 is 2.52 bits per heavy atom. The van der Waals surface area contributed by atoms with E-state index in [9.17, 15) is 4.79 Å². The van der Waals surface area contributed by atoms with Crippen molar-refractivity contribution in [1.82, 2.24) is 14.9 Å². The Kier molecular flexibility index (Phi) is 6.36.